The van der Waals surface area contributed by atoms with Crippen molar-refractivity contribution in [2.24, 2.45) is 28.1 Å². The van der Waals surface area contributed by atoms with E-state index in [9.17, 15) is 9.59 Å². The van der Waals surface area contributed by atoms with Crippen molar-refractivity contribution in [2.75, 3.05) is 0 Å². The van der Waals surface area contributed by atoms with Gasteiger partial charge in [-0.05, 0) is 69.3 Å². The molecular formula is C27H36O4. The molecule has 1 aromatic heterocycles. The van der Waals surface area contributed by atoms with E-state index in [-0.39, 0.29) is 21.9 Å². The van der Waals surface area contributed by atoms with Gasteiger partial charge in [0.25, 0.3) is 0 Å². The number of Topliss-reactive ketones (excluding diaryl/α,β-unsaturated/α-hetero) is 1. The smallest absolute Gasteiger partial charge is 0.343 e. The summed E-state index contributed by atoms with van der Waals surface area (Å²) in [7, 11) is 0. The molecule has 4 heteroatoms. The van der Waals surface area contributed by atoms with Gasteiger partial charge in [-0.2, -0.15) is 0 Å². The molecule has 0 bridgehead atoms. The lowest BCUT2D eigenvalue weighted by Gasteiger charge is -2.66. The number of ketones is 1. The fraction of sp³-hybridized carbons (Fsp3) is 0.704. The van der Waals surface area contributed by atoms with Crippen molar-refractivity contribution in [3.8, 4) is 5.75 Å². The topological polar surface area (TPSA) is 56.5 Å². The summed E-state index contributed by atoms with van der Waals surface area (Å²) in [6.45, 7) is 15.2. The van der Waals surface area contributed by atoms with Gasteiger partial charge in [0.05, 0.1) is 5.56 Å². The molecule has 0 radical (unpaired) electrons. The Bertz CT molecular complexity index is 1080. The van der Waals surface area contributed by atoms with Gasteiger partial charge in [-0.15, -0.1) is 0 Å². The van der Waals surface area contributed by atoms with Crippen molar-refractivity contribution in [3.63, 3.8) is 0 Å². The van der Waals surface area contributed by atoms with Gasteiger partial charge >= 0.3 is 5.63 Å². The summed E-state index contributed by atoms with van der Waals surface area (Å²) in [6.07, 6.45) is 7.64. The Labute approximate surface area is 185 Å². The minimum atomic E-state index is -0.509. The molecule has 5 atom stereocenters. The second-order valence-electron chi connectivity index (χ2n) is 11.8. The molecule has 0 aromatic carbocycles. The molecule has 5 rings (SSSR count). The van der Waals surface area contributed by atoms with Crippen molar-refractivity contribution in [1.82, 2.24) is 0 Å². The maximum Gasteiger partial charge on any atom is 0.343 e. The zero-order valence-corrected chi connectivity index (χ0v) is 20.1. The summed E-state index contributed by atoms with van der Waals surface area (Å²) in [5.41, 5.74) is 1.84. The third-order valence-electron chi connectivity index (χ3n) is 10.4. The van der Waals surface area contributed by atoms with Crippen LogP contribution in [0.4, 0.5) is 0 Å². The molecule has 1 aliphatic heterocycles. The Morgan fingerprint density at radius 1 is 1.00 bits per heavy atom. The van der Waals surface area contributed by atoms with Gasteiger partial charge in [-0.1, -0.05) is 33.8 Å². The first-order chi connectivity index (χ1) is 14.4. The van der Waals surface area contributed by atoms with Gasteiger partial charge in [-0.25, -0.2) is 4.79 Å². The van der Waals surface area contributed by atoms with Crippen molar-refractivity contribution in [3.05, 3.63) is 39.0 Å². The van der Waals surface area contributed by atoms with E-state index in [2.05, 4.69) is 40.7 Å². The first-order valence-electron chi connectivity index (χ1n) is 11.9. The van der Waals surface area contributed by atoms with E-state index in [4.69, 9.17) is 9.15 Å². The third-order valence-corrected chi connectivity index (χ3v) is 10.4. The highest BCUT2D eigenvalue weighted by Gasteiger charge is 2.68. The average molecular weight is 425 g/mol. The predicted octanol–water partition coefficient (Wildman–Crippen LogP) is 5.71. The molecule has 0 N–H and O–H groups in total. The highest BCUT2D eigenvalue weighted by molar-refractivity contribution is 5.85. The van der Waals surface area contributed by atoms with Crippen LogP contribution in [0, 0.1) is 41.9 Å². The van der Waals surface area contributed by atoms with Gasteiger partial charge in [0.2, 0.25) is 0 Å². The lowest BCUT2D eigenvalue weighted by atomic mass is 9.38. The number of aryl methyl sites for hydroxylation is 1. The van der Waals surface area contributed by atoms with E-state index >= 15 is 0 Å². The summed E-state index contributed by atoms with van der Waals surface area (Å²) >= 11 is 0. The van der Waals surface area contributed by atoms with Gasteiger partial charge in [-0.3, -0.25) is 4.79 Å². The second kappa shape index (κ2) is 6.14. The van der Waals surface area contributed by atoms with E-state index in [1.807, 2.05) is 13.8 Å². The summed E-state index contributed by atoms with van der Waals surface area (Å²) in [5, 5.41) is 0. The molecule has 0 saturated heterocycles. The van der Waals surface area contributed by atoms with Crippen LogP contribution in [0.25, 0.3) is 0 Å². The molecule has 3 aliphatic carbocycles. The highest BCUT2D eigenvalue weighted by Crippen LogP contribution is 2.70. The van der Waals surface area contributed by atoms with Crippen LogP contribution in [0.2, 0.25) is 0 Å². The summed E-state index contributed by atoms with van der Waals surface area (Å²) in [5.74, 6) is 2.61. The number of allylic oxidation sites excluding steroid dienone is 1. The minimum Gasteiger partial charge on any atom is -0.481 e. The van der Waals surface area contributed by atoms with Crippen LogP contribution in [0.5, 0.6) is 5.75 Å². The number of carbonyl (C=O) groups is 1. The molecule has 0 amide bonds. The second-order valence-corrected chi connectivity index (χ2v) is 11.8. The highest BCUT2D eigenvalue weighted by atomic mass is 16.5. The van der Waals surface area contributed by atoms with Crippen molar-refractivity contribution in [2.45, 2.75) is 92.6 Å². The van der Waals surface area contributed by atoms with Gasteiger partial charge in [0, 0.05) is 29.2 Å². The third kappa shape index (κ3) is 2.37. The number of rotatable bonds is 0. The van der Waals surface area contributed by atoms with Crippen LogP contribution in [0.1, 0.15) is 83.6 Å². The Kier molecular flexibility index (Phi) is 4.17. The Balaban J connectivity index is 1.65. The largest absolute Gasteiger partial charge is 0.481 e. The monoisotopic (exact) mass is 424 g/mol. The maximum atomic E-state index is 12.8. The van der Waals surface area contributed by atoms with E-state index in [1.54, 1.807) is 0 Å². The van der Waals surface area contributed by atoms with Gasteiger partial charge in [0.15, 0.2) is 0 Å². The molecule has 31 heavy (non-hydrogen) atoms. The number of hydrogen-bond donors (Lipinski definition) is 0. The van der Waals surface area contributed by atoms with Crippen LogP contribution in [0.3, 0.4) is 0 Å². The maximum absolute atomic E-state index is 12.8. The van der Waals surface area contributed by atoms with Crippen molar-refractivity contribution >= 4 is 5.78 Å². The zero-order valence-electron chi connectivity index (χ0n) is 20.1. The normalized spacial score (nSPS) is 40.6. The summed E-state index contributed by atoms with van der Waals surface area (Å²) in [4.78, 5) is 25.6. The SMILES string of the molecule is CC1=CCC2[C@@]3(C)CCC(=O)C(C)(C)C3CC[C@@]2(C)[C@]12Cc1c(c(C)c(C)oc1=O)O2. The fourth-order valence-corrected chi connectivity index (χ4v) is 8.32. The Morgan fingerprint density at radius 2 is 1.71 bits per heavy atom. The van der Waals surface area contributed by atoms with Crippen molar-refractivity contribution in [1.29, 1.82) is 0 Å². The molecule has 2 saturated carbocycles. The van der Waals surface area contributed by atoms with Gasteiger partial charge in [0.1, 0.15) is 22.9 Å². The summed E-state index contributed by atoms with van der Waals surface area (Å²) in [6, 6.07) is 0. The molecule has 1 spiro atoms. The molecule has 1 aromatic rings. The van der Waals surface area contributed by atoms with Crippen LogP contribution >= 0.6 is 0 Å². The van der Waals surface area contributed by atoms with E-state index in [0.29, 0.717) is 41.8 Å². The van der Waals surface area contributed by atoms with Gasteiger partial charge < -0.3 is 9.15 Å². The minimum absolute atomic E-state index is 0.0857. The quantitative estimate of drug-likeness (QED) is 0.501. The number of hydrogen-bond acceptors (Lipinski definition) is 4. The van der Waals surface area contributed by atoms with Crippen molar-refractivity contribution < 1.29 is 13.9 Å². The lowest BCUT2D eigenvalue weighted by Crippen LogP contribution is -2.66. The summed E-state index contributed by atoms with van der Waals surface area (Å²) < 4.78 is 12.5. The molecule has 168 valence electrons. The predicted molar refractivity (Wildman–Crippen MR) is 120 cm³/mol. The molecular weight excluding hydrogens is 388 g/mol. The lowest BCUT2D eigenvalue weighted by molar-refractivity contribution is -0.185. The molecule has 2 heterocycles. The van der Waals surface area contributed by atoms with E-state index < -0.39 is 5.60 Å². The van der Waals surface area contributed by atoms with Crippen LogP contribution in [0.15, 0.2) is 20.9 Å². The van der Waals surface area contributed by atoms with E-state index in [1.165, 1.54) is 5.57 Å². The number of fused-ring (bicyclic) bond motifs is 5. The first kappa shape index (κ1) is 21.0. The number of carbonyl (C=O) groups excluding carboxylic acids is 1. The van der Waals surface area contributed by atoms with Crippen LogP contribution in [-0.2, 0) is 11.2 Å². The van der Waals surface area contributed by atoms with Crippen LogP contribution in [-0.4, -0.2) is 11.4 Å². The Hall–Kier alpha value is -1.84. The van der Waals surface area contributed by atoms with Crippen LogP contribution < -0.4 is 10.4 Å². The zero-order chi connectivity index (χ0) is 22.6. The number of ether oxygens (including phenoxy) is 1. The first-order valence-corrected chi connectivity index (χ1v) is 11.9. The molecule has 2 unspecified atom stereocenters. The molecule has 2 fully saturated rings. The Morgan fingerprint density at radius 3 is 2.42 bits per heavy atom. The molecule has 4 nitrogen and oxygen atoms in total. The average Bonchev–Trinajstić information content (AvgIpc) is 3.11. The van der Waals surface area contributed by atoms with E-state index in [0.717, 1.165) is 37.0 Å². The standard InChI is InChI=1S/C27H36O4/c1-15-8-9-20-25(6)12-11-21(28)24(4,5)19(25)10-13-26(20,7)27(15)14-18-22(31-27)16(2)17(3)30-23(18)29/h8,19-20H,9-14H2,1-7H3/t19?,20?,25-,26+,27-/m0/s1. The molecule has 4 aliphatic rings. The fourth-order valence-electron chi connectivity index (χ4n) is 8.32.